The van der Waals surface area contributed by atoms with Crippen molar-refractivity contribution in [3.05, 3.63) is 140 Å². The molecule has 5 nitrogen and oxygen atoms in total. The molecule has 0 saturated heterocycles. The molecular weight excluding hydrogens is 554 g/mol. The SMILES string of the molecule is c1ccc(-c2nc(-c3ccccc3-n3c4ccccc4c4cc5oc6ccccc6c5cc43)c3oc4ccccc4c3n2)cc1. The molecule has 0 aliphatic carbocycles. The number of hydrogen-bond donors (Lipinski definition) is 0. The number of para-hydroxylation sites is 4. The molecule has 0 atom stereocenters. The molecule has 10 rings (SSSR count). The molecule has 0 spiro atoms. The maximum Gasteiger partial charge on any atom is 0.180 e. The Balaban J connectivity index is 1.33. The third-order valence-electron chi connectivity index (χ3n) is 8.82. The lowest BCUT2D eigenvalue weighted by Crippen LogP contribution is -2.00. The van der Waals surface area contributed by atoms with Gasteiger partial charge in [-0.1, -0.05) is 97.1 Å². The van der Waals surface area contributed by atoms with E-state index in [1.165, 1.54) is 0 Å². The molecule has 4 heterocycles. The minimum absolute atomic E-state index is 0.660. The second-order valence-corrected chi connectivity index (χ2v) is 11.4. The van der Waals surface area contributed by atoms with Crippen molar-refractivity contribution in [2.75, 3.05) is 0 Å². The molecule has 0 fully saturated rings. The standard InChI is InChI=1S/C40H23N3O2/c1-2-12-24(13-3-1)40-41-37(39-38(42-40)28-17-7-11-21-35(28)45-39)27-16-5-9-19-32(27)43-31-18-8-4-14-25(31)29-23-36-30(22-33(29)43)26-15-6-10-20-34(26)44-36/h1-23H. The van der Waals surface area contributed by atoms with Gasteiger partial charge in [-0.05, 0) is 42.5 Å². The van der Waals surface area contributed by atoms with Gasteiger partial charge >= 0.3 is 0 Å². The highest BCUT2D eigenvalue weighted by Crippen LogP contribution is 2.42. The molecular formula is C40H23N3O2. The molecule has 0 radical (unpaired) electrons. The lowest BCUT2D eigenvalue weighted by atomic mass is 10.1. The van der Waals surface area contributed by atoms with E-state index in [4.69, 9.17) is 18.8 Å². The fourth-order valence-electron chi connectivity index (χ4n) is 6.81. The monoisotopic (exact) mass is 577 g/mol. The van der Waals surface area contributed by atoms with Gasteiger partial charge in [0.15, 0.2) is 11.4 Å². The van der Waals surface area contributed by atoms with E-state index in [2.05, 4.69) is 83.4 Å². The Bertz CT molecular complexity index is 2770. The highest BCUT2D eigenvalue weighted by atomic mass is 16.3. The first-order valence-electron chi connectivity index (χ1n) is 15.0. The Morgan fingerprint density at radius 2 is 1.16 bits per heavy atom. The molecule has 0 saturated carbocycles. The largest absolute Gasteiger partial charge is 0.456 e. The number of hydrogen-bond acceptors (Lipinski definition) is 4. The molecule has 4 aromatic heterocycles. The van der Waals surface area contributed by atoms with E-state index in [0.29, 0.717) is 11.4 Å². The molecule has 210 valence electrons. The van der Waals surface area contributed by atoms with E-state index < -0.39 is 0 Å². The number of benzene rings is 6. The van der Waals surface area contributed by atoms with Gasteiger partial charge in [0.1, 0.15) is 28.0 Å². The maximum absolute atomic E-state index is 6.52. The van der Waals surface area contributed by atoms with Crippen LogP contribution in [-0.4, -0.2) is 14.5 Å². The molecule has 0 bridgehead atoms. The van der Waals surface area contributed by atoms with Gasteiger partial charge in [0.25, 0.3) is 0 Å². The second-order valence-electron chi connectivity index (χ2n) is 11.4. The smallest absolute Gasteiger partial charge is 0.180 e. The molecule has 0 aliphatic rings. The summed E-state index contributed by atoms with van der Waals surface area (Å²) in [5.41, 5.74) is 9.92. The topological polar surface area (TPSA) is 57.0 Å². The summed E-state index contributed by atoms with van der Waals surface area (Å²) < 4.78 is 15.2. The van der Waals surface area contributed by atoms with Crippen LogP contribution in [0.4, 0.5) is 0 Å². The molecule has 0 amide bonds. The summed E-state index contributed by atoms with van der Waals surface area (Å²) in [4.78, 5) is 10.3. The van der Waals surface area contributed by atoms with Gasteiger partial charge < -0.3 is 13.4 Å². The first kappa shape index (κ1) is 24.3. The summed E-state index contributed by atoms with van der Waals surface area (Å²) in [5, 5.41) is 5.45. The average Bonchev–Trinajstić information content (AvgIpc) is 3.76. The Kier molecular flexibility index (Phi) is 4.93. The molecule has 6 aromatic carbocycles. The summed E-state index contributed by atoms with van der Waals surface area (Å²) >= 11 is 0. The van der Waals surface area contributed by atoms with Gasteiger partial charge in [-0.15, -0.1) is 0 Å². The average molecular weight is 578 g/mol. The summed E-state index contributed by atoms with van der Waals surface area (Å²) in [6, 6.07) is 47.9. The number of furan rings is 2. The van der Waals surface area contributed by atoms with Crippen molar-refractivity contribution in [1.82, 2.24) is 14.5 Å². The van der Waals surface area contributed by atoms with Gasteiger partial charge in [0.2, 0.25) is 0 Å². The molecule has 0 N–H and O–H groups in total. The van der Waals surface area contributed by atoms with Gasteiger partial charge in [0, 0.05) is 38.1 Å². The number of fused-ring (bicyclic) bond motifs is 9. The van der Waals surface area contributed by atoms with E-state index in [9.17, 15) is 0 Å². The van der Waals surface area contributed by atoms with Crippen LogP contribution in [-0.2, 0) is 0 Å². The van der Waals surface area contributed by atoms with E-state index in [0.717, 1.165) is 82.7 Å². The van der Waals surface area contributed by atoms with Crippen LogP contribution in [0.2, 0.25) is 0 Å². The van der Waals surface area contributed by atoms with Crippen molar-refractivity contribution in [2.45, 2.75) is 0 Å². The molecule has 0 aliphatic heterocycles. The van der Waals surface area contributed by atoms with Crippen molar-refractivity contribution in [3.63, 3.8) is 0 Å². The maximum atomic E-state index is 6.52. The number of aromatic nitrogens is 3. The van der Waals surface area contributed by atoms with Crippen LogP contribution in [0.5, 0.6) is 0 Å². The van der Waals surface area contributed by atoms with Crippen LogP contribution in [0.25, 0.3) is 94.1 Å². The Labute approximate surface area is 256 Å². The lowest BCUT2D eigenvalue weighted by Gasteiger charge is -2.14. The highest BCUT2D eigenvalue weighted by Gasteiger charge is 2.23. The molecule has 5 heteroatoms. The fourth-order valence-corrected chi connectivity index (χ4v) is 6.81. The molecule has 10 aromatic rings. The van der Waals surface area contributed by atoms with Crippen LogP contribution < -0.4 is 0 Å². The second kappa shape index (κ2) is 9.15. The first-order valence-corrected chi connectivity index (χ1v) is 15.0. The first-order chi connectivity index (χ1) is 22.3. The molecule has 45 heavy (non-hydrogen) atoms. The summed E-state index contributed by atoms with van der Waals surface area (Å²) in [6.07, 6.45) is 0. The van der Waals surface area contributed by atoms with E-state index >= 15 is 0 Å². The Morgan fingerprint density at radius 3 is 2.02 bits per heavy atom. The van der Waals surface area contributed by atoms with Crippen molar-refractivity contribution in [1.29, 1.82) is 0 Å². The van der Waals surface area contributed by atoms with Crippen LogP contribution in [0.15, 0.2) is 148 Å². The van der Waals surface area contributed by atoms with E-state index in [-0.39, 0.29) is 0 Å². The number of rotatable bonds is 3. The van der Waals surface area contributed by atoms with Gasteiger partial charge in [0.05, 0.1) is 16.7 Å². The van der Waals surface area contributed by atoms with Crippen molar-refractivity contribution >= 4 is 65.8 Å². The normalized spacial score (nSPS) is 12.0. The van der Waals surface area contributed by atoms with E-state index in [1.54, 1.807) is 0 Å². The van der Waals surface area contributed by atoms with Crippen LogP contribution in [0.3, 0.4) is 0 Å². The third-order valence-corrected chi connectivity index (χ3v) is 8.82. The van der Waals surface area contributed by atoms with Crippen molar-refractivity contribution in [2.24, 2.45) is 0 Å². The highest BCUT2D eigenvalue weighted by molar-refractivity contribution is 6.17. The Morgan fingerprint density at radius 1 is 0.467 bits per heavy atom. The quantitative estimate of drug-likeness (QED) is 0.210. The summed E-state index contributed by atoms with van der Waals surface area (Å²) in [5.74, 6) is 0.660. The summed E-state index contributed by atoms with van der Waals surface area (Å²) in [7, 11) is 0. The van der Waals surface area contributed by atoms with Crippen LogP contribution in [0.1, 0.15) is 0 Å². The van der Waals surface area contributed by atoms with Gasteiger partial charge in [-0.25, -0.2) is 9.97 Å². The lowest BCUT2D eigenvalue weighted by molar-refractivity contribution is 0.667. The zero-order chi connectivity index (χ0) is 29.5. The zero-order valence-corrected chi connectivity index (χ0v) is 23.9. The third kappa shape index (κ3) is 3.49. The predicted octanol–water partition coefficient (Wildman–Crippen LogP) is 10.7. The van der Waals surface area contributed by atoms with Gasteiger partial charge in [-0.3, -0.25) is 0 Å². The van der Waals surface area contributed by atoms with Crippen molar-refractivity contribution in [3.8, 4) is 28.3 Å². The minimum atomic E-state index is 0.660. The number of nitrogens with zero attached hydrogens (tertiary/aromatic N) is 3. The molecule has 0 unspecified atom stereocenters. The van der Waals surface area contributed by atoms with E-state index in [1.807, 2.05) is 60.7 Å². The summed E-state index contributed by atoms with van der Waals surface area (Å²) in [6.45, 7) is 0. The fraction of sp³-hybridized carbons (Fsp3) is 0. The van der Waals surface area contributed by atoms with Crippen LogP contribution >= 0.6 is 0 Å². The minimum Gasteiger partial charge on any atom is -0.456 e. The van der Waals surface area contributed by atoms with Crippen LogP contribution in [0, 0.1) is 0 Å². The predicted molar refractivity (Wildman–Crippen MR) is 182 cm³/mol. The van der Waals surface area contributed by atoms with Crippen molar-refractivity contribution < 1.29 is 8.83 Å². The van der Waals surface area contributed by atoms with Gasteiger partial charge in [-0.2, -0.15) is 0 Å². The zero-order valence-electron chi connectivity index (χ0n) is 23.9. The Hall–Kier alpha value is -6.20.